The molecular weight excluding hydrogens is 454 g/mol. The largest absolute Gasteiger partial charge is 0.508 e. The second-order valence-electron chi connectivity index (χ2n) is 9.18. The Morgan fingerprint density at radius 1 is 1.06 bits per heavy atom. The summed E-state index contributed by atoms with van der Waals surface area (Å²) in [7, 11) is -3.65. The molecule has 0 unspecified atom stereocenters. The molecule has 4 N–H and O–H groups in total. The van der Waals surface area contributed by atoms with Crippen LogP contribution in [0.3, 0.4) is 0 Å². The van der Waals surface area contributed by atoms with Gasteiger partial charge in [-0.3, -0.25) is 9.59 Å². The predicted molar refractivity (Wildman–Crippen MR) is 129 cm³/mol. The van der Waals surface area contributed by atoms with Gasteiger partial charge in [0.25, 0.3) is 0 Å². The molecule has 1 fully saturated rings. The molecular formula is C25H31N3O5S. The van der Waals surface area contributed by atoms with Gasteiger partial charge in [0.15, 0.2) is 0 Å². The summed E-state index contributed by atoms with van der Waals surface area (Å²) in [5.41, 5.74) is 2.37. The number of phenolic OH excluding ortho intramolecular Hbond substituents is 1. The number of benzene rings is 2. The minimum Gasteiger partial charge on any atom is -0.508 e. The fraction of sp³-hybridized carbons (Fsp3) is 0.440. The minimum atomic E-state index is -3.65. The van der Waals surface area contributed by atoms with E-state index in [1.54, 1.807) is 30.3 Å². The van der Waals surface area contributed by atoms with Crippen LogP contribution in [-0.4, -0.2) is 31.9 Å². The van der Waals surface area contributed by atoms with E-state index < -0.39 is 10.0 Å². The first-order valence-corrected chi connectivity index (χ1v) is 13.3. The number of fused-ring (bicyclic) bond motifs is 1. The van der Waals surface area contributed by atoms with Crippen LogP contribution in [0.2, 0.25) is 0 Å². The van der Waals surface area contributed by atoms with E-state index >= 15 is 0 Å². The van der Waals surface area contributed by atoms with E-state index in [0.29, 0.717) is 38.0 Å². The zero-order valence-corrected chi connectivity index (χ0v) is 19.9. The Morgan fingerprint density at radius 3 is 2.62 bits per heavy atom. The summed E-state index contributed by atoms with van der Waals surface area (Å²) < 4.78 is 28.4. The molecule has 0 saturated heterocycles. The molecule has 1 aliphatic heterocycles. The van der Waals surface area contributed by atoms with E-state index in [4.69, 9.17) is 0 Å². The van der Waals surface area contributed by atoms with Crippen LogP contribution in [0.25, 0.3) is 0 Å². The molecule has 9 heteroatoms. The van der Waals surface area contributed by atoms with Crippen LogP contribution in [0.15, 0.2) is 47.4 Å². The molecule has 2 aliphatic rings. The first-order chi connectivity index (χ1) is 16.3. The topological polar surface area (TPSA) is 125 Å². The number of aromatic hydroxyl groups is 1. The third kappa shape index (κ3) is 6.15. The van der Waals surface area contributed by atoms with Gasteiger partial charge in [0, 0.05) is 31.1 Å². The Balaban J connectivity index is 1.25. The molecule has 34 heavy (non-hydrogen) atoms. The summed E-state index contributed by atoms with van der Waals surface area (Å²) in [6, 6.07) is 11.7. The third-order valence-electron chi connectivity index (χ3n) is 6.67. The van der Waals surface area contributed by atoms with Crippen molar-refractivity contribution in [1.29, 1.82) is 0 Å². The zero-order chi connectivity index (χ0) is 24.1. The number of nitrogens with one attached hydrogen (secondary N) is 3. The van der Waals surface area contributed by atoms with Crippen molar-refractivity contribution in [3.63, 3.8) is 0 Å². The van der Waals surface area contributed by atoms with Crippen LogP contribution in [0.5, 0.6) is 5.75 Å². The average Bonchev–Trinajstić information content (AvgIpc) is 3.01. The van der Waals surface area contributed by atoms with E-state index in [-0.39, 0.29) is 34.3 Å². The van der Waals surface area contributed by atoms with E-state index in [1.165, 1.54) is 6.07 Å². The lowest BCUT2D eigenvalue weighted by Gasteiger charge is -2.28. The maximum Gasteiger partial charge on any atom is 0.240 e. The van der Waals surface area contributed by atoms with Gasteiger partial charge < -0.3 is 15.7 Å². The molecule has 4 rings (SSSR count). The van der Waals surface area contributed by atoms with Crippen LogP contribution in [0.1, 0.15) is 49.7 Å². The van der Waals surface area contributed by atoms with Gasteiger partial charge in [-0.1, -0.05) is 12.1 Å². The van der Waals surface area contributed by atoms with Crippen LogP contribution in [0.4, 0.5) is 5.69 Å². The second kappa shape index (κ2) is 10.6. The van der Waals surface area contributed by atoms with E-state index in [2.05, 4.69) is 15.4 Å². The van der Waals surface area contributed by atoms with Crippen molar-refractivity contribution < 1.29 is 23.1 Å². The molecule has 0 atom stereocenters. The van der Waals surface area contributed by atoms with Crippen LogP contribution >= 0.6 is 0 Å². The molecule has 182 valence electrons. The number of anilines is 1. The van der Waals surface area contributed by atoms with Crippen LogP contribution in [0, 0.1) is 11.8 Å². The first kappa shape index (κ1) is 24.2. The number of phenols is 1. The van der Waals surface area contributed by atoms with Crippen LogP contribution < -0.4 is 15.4 Å². The third-order valence-corrected chi connectivity index (χ3v) is 8.09. The molecule has 8 nitrogen and oxygen atoms in total. The monoisotopic (exact) mass is 485 g/mol. The minimum absolute atomic E-state index is 0.000516. The van der Waals surface area contributed by atoms with Crippen molar-refractivity contribution >= 4 is 27.5 Å². The Labute approximate surface area is 200 Å². The Kier molecular flexibility index (Phi) is 7.53. The highest BCUT2D eigenvalue weighted by atomic mass is 32.2. The standard InChI is InChI=1S/C25H31N3O5S/c29-21-5-1-3-18(13-21)15-26-25(31)19-9-7-17(8-10-19)16-27-34(32,33)22-11-12-23-20(14-22)4-2-6-24(30)28-23/h1,3,5,11-14,17,19,27,29H,2,4,6-10,15-16H2,(H,26,31)(H,28,30). The normalized spacial score (nSPS) is 20.6. The van der Waals surface area contributed by atoms with E-state index in [0.717, 1.165) is 36.8 Å². The molecule has 0 aromatic heterocycles. The fourth-order valence-electron chi connectivity index (χ4n) is 4.66. The highest BCUT2D eigenvalue weighted by molar-refractivity contribution is 7.89. The average molecular weight is 486 g/mol. The highest BCUT2D eigenvalue weighted by Crippen LogP contribution is 2.29. The summed E-state index contributed by atoms with van der Waals surface area (Å²) in [6.07, 6.45) is 4.79. The Hall–Kier alpha value is -2.91. The van der Waals surface area contributed by atoms with Crippen molar-refractivity contribution in [3.05, 3.63) is 53.6 Å². The number of amides is 2. The van der Waals surface area contributed by atoms with E-state index in [1.807, 2.05) is 6.07 Å². The molecule has 0 radical (unpaired) electrons. The van der Waals surface area contributed by atoms with Gasteiger partial charge in [-0.25, -0.2) is 13.1 Å². The predicted octanol–water partition coefficient (Wildman–Crippen LogP) is 3.07. The lowest BCUT2D eigenvalue weighted by atomic mass is 9.81. The van der Waals surface area contributed by atoms with Crippen molar-refractivity contribution in [2.45, 2.75) is 56.4 Å². The Morgan fingerprint density at radius 2 is 1.85 bits per heavy atom. The molecule has 0 bridgehead atoms. The van der Waals surface area contributed by atoms with Gasteiger partial charge in [0.2, 0.25) is 21.8 Å². The fourth-order valence-corrected chi connectivity index (χ4v) is 5.82. The summed E-state index contributed by atoms with van der Waals surface area (Å²) in [5.74, 6) is 0.234. The second-order valence-corrected chi connectivity index (χ2v) is 10.9. The van der Waals surface area contributed by atoms with Crippen molar-refractivity contribution in [2.75, 3.05) is 11.9 Å². The smallest absolute Gasteiger partial charge is 0.240 e. The number of carbonyl (C=O) groups is 2. The molecule has 2 aromatic carbocycles. The number of hydrogen-bond acceptors (Lipinski definition) is 5. The lowest BCUT2D eigenvalue weighted by molar-refractivity contribution is -0.126. The summed E-state index contributed by atoms with van der Waals surface area (Å²) in [6.45, 7) is 0.713. The van der Waals surface area contributed by atoms with Crippen molar-refractivity contribution in [3.8, 4) is 5.75 Å². The molecule has 1 aliphatic carbocycles. The SMILES string of the molecule is O=C1CCCc2cc(S(=O)(=O)NCC3CCC(C(=O)NCc4cccc(O)c4)CC3)ccc2N1. The molecule has 2 aromatic rings. The summed E-state index contributed by atoms with van der Waals surface area (Å²) in [4.78, 5) is 24.4. The zero-order valence-electron chi connectivity index (χ0n) is 19.0. The van der Waals surface area contributed by atoms with Gasteiger partial charge in [-0.15, -0.1) is 0 Å². The Bertz CT molecular complexity index is 1160. The molecule has 2 amide bonds. The molecule has 0 spiro atoms. The maximum absolute atomic E-state index is 12.8. The van der Waals surface area contributed by atoms with Crippen molar-refractivity contribution in [2.24, 2.45) is 11.8 Å². The summed E-state index contributed by atoms with van der Waals surface area (Å²) >= 11 is 0. The summed E-state index contributed by atoms with van der Waals surface area (Å²) in [5, 5.41) is 15.3. The van der Waals surface area contributed by atoms with Gasteiger partial charge in [0.1, 0.15) is 5.75 Å². The lowest BCUT2D eigenvalue weighted by Crippen LogP contribution is -2.36. The number of sulfonamides is 1. The van der Waals surface area contributed by atoms with Gasteiger partial charge in [-0.05, 0) is 85.9 Å². The number of aryl methyl sites for hydroxylation is 1. The molecule has 1 heterocycles. The first-order valence-electron chi connectivity index (χ1n) is 11.8. The quantitative estimate of drug-likeness (QED) is 0.480. The molecule has 1 saturated carbocycles. The van der Waals surface area contributed by atoms with Gasteiger partial charge >= 0.3 is 0 Å². The number of carbonyl (C=O) groups excluding carboxylic acids is 2. The van der Waals surface area contributed by atoms with Crippen molar-refractivity contribution in [1.82, 2.24) is 10.0 Å². The number of hydrogen-bond donors (Lipinski definition) is 4. The highest BCUT2D eigenvalue weighted by Gasteiger charge is 2.27. The van der Waals surface area contributed by atoms with Gasteiger partial charge in [0.05, 0.1) is 4.90 Å². The maximum atomic E-state index is 12.8. The van der Waals surface area contributed by atoms with E-state index in [9.17, 15) is 23.1 Å². The number of rotatable bonds is 7. The van der Waals surface area contributed by atoms with Crippen LogP contribution in [-0.2, 0) is 32.6 Å². The van der Waals surface area contributed by atoms with Gasteiger partial charge in [-0.2, -0.15) is 0 Å².